The van der Waals surface area contributed by atoms with Crippen LogP contribution in [0.3, 0.4) is 0 Å². The second-order valence-electron chi connectivity index (χ2n) is 5.08. The number of quaternary nitrogens is 1. The molecule has 0 heterocycles. The van der Waals surface area contributed by atoms with E-state index in [1.807, 2.05) is 0 Å². The van der Waals surface area contributed by atoms with Gasteiger partial charge in [-0.05, 0) is 18.9 Å². The summed E-state index contributed by atoms with van der Waals surface area (Å²) in [5.74, 6) is -0.866. The Morgan fingerprint density at radius 3 is 2.39 bits per heavy atom. The minimum atomic E-state index is -0.729. The van der Waals surface area contributed by atoms with Crippen molar-refractivity contribution in [3.8, 4) is 0 Å². The molecule has 0 saturated carbocycles. The zero-order valence-corrected chi connectivity index (χ0v) is 11.4. The predicted octanol–water partition coefficient (Wildman–Crippen LogP) is 1.01. The Hall–Kier alpha value is -1.36. The molecule has 0 aliphatic heterocycles. The van der Waals surface area contributed by atoms with Crippen LogP contribution in [0.2, 0.25) is 0 Å². The summed E-state index contributed by atoms with van der Waals surface area (Å²) in [4.78, 5) is 21.3. The second-order valence-corrected chi connectivity index (χ2v) is 5.08. The van der Waals surface area contributed by atoms with Crippen molar-refractivity contribution in [1.82, 2.24) is 5.32 Å². The Kier molecular flexibility index (Phi) is 8.03. The van der Waals surface area contributed by atoms with Gasteiger partial charge in [-0.15, -0.1) is 0 Å². The number of nitrogens with zero attached hydrogens (tertiary/aromatic N) is 1. The zero-order chi connectivity index (χ0) is 14.0. The van der Waals surface area contributed by atoms with Crippen LogP contribution in [-0.2, 0) is 9.59 Å². The molecule has 18 heavy (non-hydrogen) atoms. The summed E-state index contributed by atoms with van der Waals surface area (Å²) in [6.45, 7) is 5.97. The third-order valence-electron chi connectivity index (χ3n) is 2.83. The van der Waals surface area contributed by atoms with Gasteiger partial charge in [-0.25, -0.2) is 0 Å². The van der Waals surface area contributed by atoms with Crippen LogP contribution in [0.15, 0.2) is 12.7 Å². The average molecular weight is 257 g/mol. The third-order valence-corrected chi connectivity index (χ3v) is 2.83. The Bertz CT molecular complexity index is 288. The molecule has 0 bridgehead atoms. The lowest BCUT2D eigenvalue weighted by molar-refractivity contribution is -0.890. The Labute approximate surface area is 109 Å². The fraction of sp³-hybridized carbons (Fsp3) is 0.692. The van der Waals surface area contributed by atoms with Crippen LogP contribution in [-0.4, -0.2) is 55.2 Å². The normalized spacial score (nSPS) is 11.0. The quantitative estimate of drug-likeness (QED) is 0.349. The number of carbonyl (C=O) groups is 2. The van der Waals surface area contributed by atoms with E-state index in [1.165, 1.54) is 6.08 Å². The maximum Gasteiger partial charge on any atom is 0.303 e. The van der Waals surface area contributed by atoms with E-state index in [0.717, 1.165) is 36.8 Å². The van der Waals surface area contributed by atoms with E-state index < -0.39 is 5.97 Å². The van der Waals surface area contributed by atoms with Crippen molar-refractivity contribution in [3.05, 3.63) is 12.7 Å². The highest BCUT2D eigenvalue weighted by molar-refractivity contribution is 5.86. The number of aliphatic carboxylic acids is 1. The van der Waals surface area contributed by atoms with Crippen molar-refractivity contribution in [2.75, 3.05) is 33.7 Å². The molecule has 0 spiro atoms. The van der Waals surface area contributed by atoms with Gasteiger partial charge in [0.1, 0.15) is 0 Å². The van der Waals surface area contributed by atoms with E-state index in [9.17, 15) is 9.59 Å². The van der Waals surface area contributed by atoms with Crippen molar-refractivity contribution >= 4 is 11.9 Å². The third kappa shape index (κ3) is 9.84. The summed E-state index contributed by atoms with van der Waals surface area (Å²) < 4.78 is 0.851. The predicted molar refractivity (Wildman–Crippen MR) is 71.2 cm³/mol. The molecule has 0 radical (unpaired) electrons. The first kappa shape index (κ1) is 16.6. The number of nitrogens with one attached hydrogen (secondary N) is 1. The first-order valence-corrected chi connectivity index (χ1v) is 6.31. The summed E-state index contributed by atoms with van der Waals surface area (Å²) >= 11 is 0. The molecular weight excluding hydrogens is 232 g/mol. The van der Waals surface area contributed by atoms with Gasteiger partial charge in [0.25, 0.3) is 0 Å². The van der Waals surface area contributed by atoms with E-state index in [1.54, 1.807) is 0 Å². The number of hydrogen-bond donors (Lipinski definition) is 2. The highest BCUT2D eigenvalue weighted by atomic mass is 16.4. The smallest absolute Gasteiger partial charge is 0.303 e. The number of carbonyl (C=O) groups excluding carboxylic acids is 1. The largest absolute Gasteiger partial charge is 0.481 e. The van der Waals surface area contributed by atoms with Gasteiger partial charge in [0.15, 0.2) is 0 Å². The van der Waals surface area contributed by atoms with Gasteiger partial charge in [-0.1, -0.05) is 6.58 Å². The Morgan fingerprint density at radius 2 is 1.83 bits per heavy atom. The van der Waals surface area contributed by atoms with Gasteiger partial charge in [-0.3, -0.25) is 9.59 Å². The zero-order valence-electron chi connectivity index (χ0n) is 11.4. The van der Waals surface area contributed by atoms with Gasteiger partial charge >= 0.3 is 5.97 Å². The minimum Gasteiger partial charge on any atom is -0.481 e. The summed E-state index contributed by atoms with van der Waals surface area (Å²) in [6.07, 6.45) is 4.06. The van der Waals surface area contributed by atoms with E-state index in [-0.39, 0.29) is 12.3 Å². The van der Waals surface area contributed by atoms with Crippen molar-refractivity contribution in [2.45, 2.75) is 25.7 Å². The molecule has 5 heteroatoms. The maximum atomic E-state index is 10.9. The summed E-state index contributed by atoms with van der Waals surface area (Å²) in [7, 11) is 4.24. The number of hydrogen-bond acceptors (Lipinski definition) is 2. The van der Waals surface area contributed by atoms with Crippen LogP contribution in [0.1, 0.15) is 25.7 Å². The number of unbranched alkanes of at least 4 members (excludes halogenated alkanes) is 1. The van der Waals surface area contributed by atoms with Gasteiger partial charge in [0.05, 0.1) is 27.2 Å². The lowest BCUT2D eigenvalue weighted by Crippen LogP contribution is -2.42. The number of amides is 1. The standard InChI is InChI=1S/C13H24N2O3/c1-4-12(16)14-9-7-11-15(2,3)10-6-5-8-13(17)18/h4H,1,5-11H2,2-3H3,(H-,14,16,17,18)/p+1. The molecule has 0 aromatic rings. The first-order chi connectivity index (χ1) is 8.37. The summed E-state index contributed by atoms with van der Waals surface area (Å²) in [5.41, 5.74) is 0. The van der Waals surface area contributed by atoms with Crippen molar-refractivity contribution < 1.29 is 19.2 Å². The fourth-order valence-corrected chi connectivity index (χ4v) is 1.72. The van der Waals surface area contributed by atoms with Gasteiger partial charge in [-0.2, -0.15) is 0 Å². The van der Waals surface area contributed by atoms with E-state index in [4.69, 9.17) is 5.11 Å². The van der Waals surface area contributed by atoms with E-state index in [0.29, 0.717) is 6.54 Å². The Morgan fingerprint density at radius 1 is 1.22 bits per heavy atom. The van der Waals surface area contributed by atoms with Crippen LogP contribution >= 0.6 is 0 Å². The van der Waals surface area contributed by atoms with Crippen LogP contribution in [0.25, 0.3) is 0 Å². The Balaban J connectivity index is 3.63. The van der Waals surface area contributed by atoms with Gasteiger partial charge < -0.3 is 14.9 Å². The molecule has 0 fully saturated rings. The summed E-state index contributed by atoms with van der Waals surface area (Å²) in [6, 6.07) is 0. The molecular formula is C13H25N2O3+. The lowest BCUT2D eigenvalue weighted by Gasteiger charge is -2.29. The molecule has 0 saturated heterocycles. The number of carboxylic acid groups (broad SMARTS) is 1. The van der Waals surface area contributed by atoms with Crippen molar-refractivity contribution in [1.29, 1.82) is 0 Å². The minimum absolute atomic E-state index is 0.137. The van der Waals surface area contributed by atoms with Crippen LogP contribution < -0.4 is 5.32 Å². The average Bonchev–Trinajstić information content (AvgIpc) is 2.30. The number of rotatable bonds is 10. The highest BCUT2D eigenvalue weighted by Gasteiger charge is 2.14. The highest BCUT2D eigenvalue weighted by Crippen LogP contribution is 2.04. The van der Waals surface area contributed by atoms with Crippen molar-refractivity contribution in [3.63, 3.8) is 0 Å². The summed E-state index contributed by atoms with van der Waals surface area (Å²) in [5, 5.41) is 11.3. The molecule has 0 rings (SSSR count). The SMILES string of the molecule is C=CC(=O)NCCC[N+](C)(C)CCCCC(=O)O. The first-order valence-electron chi connectivity index (χ1n) is 6.31. The molecule has 1 amide bonds. The lowest BCUT2D eigenvalue weighted by atomic mass is 10.2. The second kappa shape index (κ2) is 8.69. The molecule has 0 aliphatic rings. The molecule has 2 N–H and O–H groups in total. The van der Waals surface area contributed by atoms with Crippen LogP contribution in [0.4, 0.5) is 0 Å². The van der Waals surface area contributed by atoms with Crippen LogP contribution in [0.5, 0.6) is 0 Å². The maximum absolute atomic E-state index is 10.9. The van der Waals surface area contributed by atoms with Crippen molar-refractivity contribution in [2.24, 2.45) is 0 Å². The molecule has 0 atom stereocenters. The molecule has 0 unspecified atom stereocenters. The molecule has 0 aromatic carbocycles. The van der Waals surface area contributed by atoms with E-state index >= 15 is 0 Å². The molecule has 0 aliphatic carbocycles. The fourth-order valence-electron chi connectivity index (χ4n) is 1.72. The topological polar surface area (TPSA) is 66.4 Å². The van der Waals surface area contributed by atoms with Gasteiger partial charge in [0, 0.05) is 19.4 Å². The van der Waals surface area contributed by atoms with Crippen LogP contribution in [0, 0.1) is 0 Å². The molecule has 0 aromatic heterocycles. The van der Waals surface area contributed by atoms with E-state index in [2.05, 4.69) is 26.0 Å². The monoisotopic (exact) mass is 257 g/mol. The van der Waals surface area contributed by atoms with Gasteiger partial charge in [0.2, 0.25) is 5.91 Å². The number of carboxylic acids is 1. The molecule has 104 valence electrons. The molecule has 5 nitrogen and oxygen atoms in total.